The number of hydrogen-bond acceptors (Lipinski definition) is 3. The van der Waals surface area contributed by atoms with Crippen molar-refractivity contribution in [1.29, 1.82) is 0 Å². The van der Waals surface area contributed by atoms with Crippen molar-refractivity contribution in [3.63, 3.8) is 0 Å². The predicted octanol–water partition coefficient (Wildman–Crippen LogP) is 1.38. The van der Waals surface area contributed by atoms with E-state index in [2.05, 4.69) is 10.3 Å². The second-order valence-electron chi connectivity index (χ2n) is 4.61. The summed E-state index contributed by atoms with van der Waals surface area (Å²) in [6.07, 6.45) is 6.02. The Morgan fingerprint density at radius 3 is 3.00 bits per heavy atom. The van der Waals surface area contributed by atoms with Gasteiger partial charge >= 0.3 is 0 Å². The Balaban J connectivity index is 1.92. The number of nitrogens with zero attached hydrogens (tertiary/aromatic N) is 1. The first-order valence-electron chi connectivity index (χ1n) is 5.87. The molecule has 3 nitrogen and oxygen atoms in total. The van der Waals surface area contributed by atoms with Gasteiger partial charge in [-0.15, -0.1) is 0 Å². The first kappa shape index (κ1) is 10.4. The lowest BCUT2D eigenvalue weighted by molar-refractivity contribution is 0.365. The summed E-state index contributed by atoms with van der Waals surface area (Å²) in [4.78, 5) is 4.19. The Labute approximate surface area is 98.1 Å². The SMILES string of the molecule is O=S1Cc2ccncc2C1C1CCNCC1. The molecule has 0 aromatic carbocycles. The van der Waals surface area contributed by atoms with Crippen LogP contribution in [0.25, 0.3) is 0 Å². The molecular weight excluding hydrogens is 220 g/mol. The third-order valence-corrected chi connectivity index (χ3v) is 5.45. The summed E-state index contributed by atoms with van der Waals surface area (Å²) >= 11 is 0. The molecule has 2 aliphatic heterocycles. The van der Waals surface area contributed by atoms with Crippen molar-refractivity contribution in [2.75, 3.05) is 13.1 Å². The smallest absolute Gasteiger partial charge is 0.0647 e. The van der Waals surface area contributed by atoms with Gasteiger partial charge in [0.05, 0.1) is 5.25 Å². The minimum atomic E-state index is -0.722. The molecule has 1 fully saturated rings. The van der Waals surface area contributed by atoms with Crippen LogP contribution >= 0.6 is 0 Å². The van der Waals surface area contributed by atoms with Gasteiger partial charge in [-0.05, 0) is 49.0 Å². The maximum atomic E-state index is 12.2. The average Bonchev–Trinajstić information content (AvgIpc) is 2.66. The van der Waals surface area contributed by atoms with Crippen molar-refractivity contribution in [2.24, 2.45) is 5.92 Å². The average molecular weight is 236 g/mol. The van der Waals surface area contributed by atoms with Gasteiger partial charge in [0.15, 0.2) is 0 Å². The van der Waals surface area contributed by atoms with Gasteiger partial charge in [0, 0.05) is 28.9 Å². The van der Waals surface area contributed by atoms with Crippen molar-refractivity contribution >= 4 is 10.8 Å². The van der Waals surface area contributed by atoms with Gasteiger partial charge in [-0.1, -0.05) is 0 Å². The minimum Gasteiger partial charge on any atom is -0.317 e. The topological polar surface area (TPSA) is 42.0 Å². The van der Waals surface area contributed by atoms with Crippen LogP contribution in [-0.4, -0.2) is 22.3 Å². The summed E-state index contributed by atoms with van der Waals surface area (Å²) in [5.41, 5.74) is 2.49. The van der Waals surface area contributed by atoms with Crippen molar-refractivity contribution in [3.05, 3.63) is 29.6 Å². The van der Waals surface area contributed by atoms with Crippen LogP contribution in [0.1, 0.15) is 29.2 Å². The summed E-state index contributed by atoms with van der Waals surface area (Å²) in [5, 5.41) is 3.60. The normalized spacial score (nSPS) is 30.2. The zero-order valence-electron chi connectivity index (χ0n) is 9.19. The lowest BCUT2D eigenvalue weighted by atomic mass is 9.90. The molecule has 0 aliphatic carbocycles. The minimum absolute atomic E-state index is 0.241. The molecule has 1 aromatic rings. The van der Waals surface area contributed by atoms with E-state index in [0.717, 1.165) is 31.7 Å². The van der Waals surface area contributed by atoms with E-state index in [1.165, 1.54) is 11.1 Å². The van der Waals surface area contributed by atoms with E-state index in [1.807, 2.05) is 12.3 Å². The maximum Gasteiger partial charge on any atom is 0.0647 e. The standard InChI is InChI=1S/C12H16N2OS/c15-16-8-10-3-6-14-7-11(10)12(16)9-1-4-13-5-2-9/h3,6-7,9,12-13H,1-2,4-5,8H2. The summed E-state index contributed by atoms with van der Waals surface area (Å²) in [6.45, 7) is 2.13. The van der Waals surface area contributed by atoms with Crippen molar-refractivity contribution in [1.82, 2.24) is 10.3 Å². The number of pyridine rings is 1. The molecule has 2 aliphatic rings. The second kappa shape index (κ2) is 4.26. The van der Waals surface area contributed by atoms with Gasteiger partial charge in [0.2, 0.25) is 0 Å². The van der Waals surface area contributed by atoms with Crippen molar-refractivity contribution in [2.45, 2.75) is 23.8 Å². The molecule has 0 saturated carbocycles. The molecule has 16 heavy (non-hydrogen) atoms. The van der Waals surface area contributed by atoms with Gasteiger partial charge in [0.25, 0.3) is 0 Å². The molecule has 3 rings (SSSR count). The van der Waals surface area contributed by atoms with Gasteiger partial charge in [-0.2, -0.15) is 0 Å². The van der Waals surface area contributed by atoms with E-state index in [-0.39, 0.29) is 5.25 Å². The summed E-state index contributed by atoms with van der Waals surface area (Å²) in [5.74, 6) is 1.31. The fourth-order valence-electron chi connectivity index (χ4n) is 2.82. The highest BCUT2D eigenvalue weighted by Crippen LogP contribution is 2.41. The van der Waals surface area contributed by atoms with E-state index in [1.54, 1.807) is 6.20 Å². The van der Waals surface area contributed by atoms with Crippen LogP contribution in [0.5, 0.6) is 0 Å². The van der Waals surface area contributed by atoms with E-state index in [9.17, 15) is 4.21 Å². The Morgan fingerprint density at radius 2 is 2.19 bits per heavy atom. The molecule has 86 valence electrons. The molecule has 1 aromatic heterocycles. The zero-order valence-corrected chi connectivity index (χ0v) is 10.0. The first-order chi connectivity index (χ1) is 7.86. The fourth-order valence-corrected chi connectivity index (χ4v) is 4.77. The number of aromatic nitrogens is 1. The molecule has 0 bridgehead atoms. The highest BCUT2D eigenvalue weighted by Gasteiger charge is 2.36. The molecule has 1 saturated heterocycles. The first-order valence-corrected chi connectivity index (χ1v) is 7.25. The molecule has 3 heterocycles. The number of rotatable bonds is 1. The molecule has 1 N–H and O–H groups in total. The quantitative estimate of drug-likeness (QED) is 0.801. The highest BCUT2D eigenvalue weighted by molar-refractivity contribution is 7.84. The maximum absolute atomic E-state index is 12.2. The van der Waals surface area contributed by atoms with Crippen LogP contribution in [-0.2, 0) is 16.6 Å². The molecule has 0 amide bonds. The predicted molar refractivity (Wildman–Crippen MR) is 64.4 cm³/mol. The van der Waals surface area contributed by atoms with E-state index < -0.39 is 10.8 Å². The number of hydrogen-bond donors (Lipinski definition) is 1. The van der Waals surface area contributed by atoms with E-state index in [0.29, 0.717) is 5.92 Å². The molecular formula is C12H16N2OS. The Hall–Kier alpha value is -0.740. The van der Waals surface area contributed by atoms with E-state index in [4.69, 9.17) is 0 Å². The van der Waals surface area contributed by atoms with Crippen LogP contribution in [0.4, 0.5) is 0 Å². The lowest BCUT2D eigenvalue weighted by Gasteiger charge is -2.27. The summed E-state index contributed by atoms with van der Waals surface area (Å²) < 4.78 is 12.2. The summed E-state index contributed by atoms with van der Waals surface area (Å²) in [6, 6.07) is 2.02. The third-order valence-electron chi connectivity index (χ3n) is 3.65. The van der Waals surface area contributed by atoms with Crippen LogP contribution in [0, 0.1) is 5.92 Å². The molecule has 0 spiro atoms. The zero-order chi connectivity index (χ0) is 11.0. The van der Waals surface area contributed by atoms with E-state index >= 15 is 0 Å². The molecule has 2 unspecified atom stereocenters. The number of piperidine rings is 1. The van der Waals surface area contributed by atoms with Gasteiger partial charge in [-0.25, -0.2) is 0 Å². The lowest BCUT2D eigenvalue weighted by Crippen LogP contribution is -2.31. The van der Waals surface area contributed by atoms with Crippen LogP contribution < -0.4 is 5.32 Å². The van der Waals surface area contributed by atoms with Crippen LogP contribution in [0.2, 0.25) is 0 Å². The Bertz CT molecular complexity index is 415. The highest BCUT2D eigenvalue weighted by atomic mass is 32.2. The molecule has 4 heteroatoms. The van der Waals surface area contributed by atoms with Gasteiger partial charge in [0.1, 0.15) is 0 Å². The van der Waals surface area contributed by atoms with Crippen molar-refractivity contribution in [3.8, 4) is 0 Å². The monoisotopic (exact) mass is 236 g/mol. The van der Waals surface area contributed by atoms with Crippen LogP contribution in [0.3, 0.4) is 0 Å². The Kier molecular flexibility index (Phi) is 2.77. The Morgan fingerprint density at radius 1 is 1.38 bits per heavy atom. The second-order valence-corrected chi connectivity index (χ2v) is 6.17. The van der Waals surface area contributed by atoms with Gasteiger partial charge < -0.3 is 5.32 Å². The van der Waals surface area contributed by atoms with Crippen LogP contribution in [0.15, 0.2) is 18.5 Å². The molecule has 2 atom stereocenters. The number of fused-ring (bicyclic) bond motifs is 1. The largest absolute Gasteiger partial charge is 0.317 e. The number of nitrogens with one attached hydrogen (secondary N) is 1. The third kappa shape index (κ3) is 1.70. The molecule has 0 radical (unpaired) electrons. The summed E-state index contributed by atoms with van der Waals surface area (Å²) in [7, 11) is -0.722. The van der Waals surface area contributed by atoms with Gasteiger partial charge in [-0.3, -0.25) is 9.19 Å². The van der Waals surface area contributed by atoms with Crippen molar-refractivity contribution < 1.29 is 4.21 Å². The fraction of sp³-hybridized carbons (Fsp3) is 0.583.